The molecule has 0 amide bonds. The van der Waals surface area contributed by atoms with Crippen molar-refractivity contribution in [1.29, 1.82) is 0 Å². The molecule has 0 saturated carbocycles. The molecule has 0 aromatic rings. The van der Waals surface area contributed by atoms with E-state index in [4.69, 9.17) is 10.6 Å². The molecule has 0 aromatic heterocycles. The standard InChI is InChI=1S/C3H5F2N3O/c4-3(5)2(1-9)7-8-6/h2-3,9H,1H2. The maximum absolute atomic E-state index is 11.5. The predicted molar refractivity (Wildman–Crippen MR) is 26.0 cm³/mol. The SMILES string of the molecule is [N-]=[N+]=NC(CO)C(F)F. The van der Waals surface area contributed by atoms with Gasteiger partial charge in [0.25, 0.3) is 0 Å². The molecule has 0 fully saturated rings. The fourth-order valence-electron chi connectivity index (χ4n) is 0.233. The quantitative estimate of drug-likeness (QED) is 0.350. The van der Waals surface area contributed by atoms with Gasteiger partial charge in [0.15, 0.2) is 0 Å². The van der Waals surface area contributed by atoms with Gasteiger partial charge in [0.05, 0.1) is 6.61 Å². The summed E-state index contributed by atoms with van der Waals surface area (Å²) in [7, 11) is 0. The van der Waals surface area contributed by atoms with Crippen LogP contribution in [0.15, 0.2) is 5.11 Å². The van der Waals surface area contributed by atoms with E-state index in [1.807, 2.05) is 0 Å². The van der Waals surface area contributed by atoms with Crippen LogP contribution in [-0.2, 0) is 0 Å². The van der Waals surface area contributed by atoms with E-state index >= 15 is 0 Å². The summed E-state index contributed by atoms with van der Waals surface area (Å²) >= 11 is 0. The van der Waals surface area contributed by atoms with Crippen molar-refractivity contribution in [3.63, 3.8) is 0 Å². The Morgan fingerprint density at radius 2 is 2.22 bits per heavy atom. The second-order valence-electron chi connectivity index (χ2n) is 1.29. The number of azide groups is 1. The highest BCUT2D eigenvalue weighted by Crippen LogP contribution is 2.03. The van der Waals surface area contributed by atoms with E-state index in [0.29, 0.717) is 0 Å². The van der Waals surface area contributed by atoms with E-state index in [2.05, 4.69) is 10.0 Å². The van der Waals surface area contributed by atoms with Gasteiger partial charge in [0.1, 0.15) is 6.04 Å². The number of hydrogen-bond acceptors (Lipinski definition) is 2. The minimum atomic E-state index is -2.79. The van der Waals surface area contributed by atoms with Gasteiger partial charge in [-0.3, -0.25) is 0 Å². The lowest BCUT2D eigenvalue weighted by molar-refractivity contribution is 0.0840. The van der Waals surface area contributed by atoms with Crippen LogP contribution >= 0.6 is 0 Å². The largest absolute Gasteiger partial charge is 0.396 e. The number of nitrogens with zero attached hydrogens (tertiary/aromatic N) is 3. The molecule has 0 rings (SSSR count). The van der Waals surface area contributed by atoms with Crippen LogP contribution in [0.5, 0.6) is 0 Å². The minimum absolute atomic E-state index is 0.818. The Bertz CT molecular complexity index is 122. The summed E-state index contributed by atoms with van der Waals surface area (Å²) in [5.41, 5.74) is 7.63. The highest BCUT2D eigenvalue weighted by molar-refractivity contribution is 4.66. The third kappa shape index (κ3) is 2.84. The third-order valence-electron chi connectivity index (χ3n) is 0.678. The van der Waals surface area contributed by atoms with Gasteiger partial charge in [-0.15, -0.1) is 0 Å². The number of aliphatic hydroxyl groups is 1. The number of halogens is 2. The molecule has 0 aliphatic heterocycles. The Morgan fingerprint density at radius 1 is 1.67 bits per heavy atom. The van der Waals surface area contributed by atoms with E-state index in [1.54, 1.807) is 0 Å². The Kier molecular flexibility index (Phi) is 3.66. The zero-order chi connectivity index (χ0) is 7.28. The fourth-order valence-corrected chi connectivity index (χ4v) is 0.233. The topological polar surface area (TPSA) is 69.0 Å². The summed E-state index contributed by atoms with van der Waals surface area (Å²) in [5, 5.41) is 10.7. The predicted octanol–water partition coefficient (Wildman–Crippen LogP) is 0.923. The van der Waals surface area contributed by atoms with Crippen LogP contribution in [0.25, 0.3) is 10.4 Å². The molecule has 0 aliphatic carbocycles. The Labute approximate surface area is 49.7 Å². The van der Waals surface area contributed by atoms with Gasteiger partial charge in [-0.25, -0.2) is 8.78 Å². The van der Waals surface area contributed by atoms with Gasteiger partial charge >= 0.3 is 0 Å². The van der Waals surface area contributed by atoms with Crippen LogP contribution in [0.1, 0.15) is 0 Å². The monoisotopic (exact) mass is 137 g/mol. The molecule has 1 atom stereocenters. The van der Waals surface area contributed by atoms with Gasteiger partial charge < -0.3 is 5.11 Å². The second-order valence-corrected chi connectivity index (χ2v) is 1.29. The number of alkyl halides is 2. The molecule has 0 bridgehead atoms. The van der Waals surface area contributed by atoms with Crippen LogP contribution < -0.4 is 0 Å². The van der Waals surface area contributed by atoms with Crippen LogP contribution in [-0.4, -0.2) is 24.2 Å². The Hall–Kier alpha value is -0.870. The highest BCUT2D eigenvalue weighted by atomic mass is 19.3. The summed E-state index contributed by atoms with van der Waals surface area (Å²) < 4.78 is 22.9. The van der Waals surface area contributed by atoms with Crippen molar-refractivity contribution in [3.8, 4) is 0 Å². The summed E-state index contributed by atoms with van der Waals surface area (Å²) in [6.07, 6.45) is -2.79. The molecular weight excluding hydrogens is 132 g/mol. The van der Waals surface area contributed by atoms with E-state index < -0.39 is 19.1 Å². The lowest BCUT2D eigenvalue weighted by atomic mass is 10.4. The Balaban J connectivity index is 3.82. The van der Waals surface area contributed by atoms with Crippen LogP contribution in [0, 0.1) is 0 Å². The van der Waals surface area contributed by atoms with Gasteiger partial charge in [-0.1, -0.05) is 5.11 Å². The van der Waals surface area contributed by atoms with Crippen LogP contribution in [0.4, 0.5) is 8.78 Å². The summed E-state index contributed by atoms with van der Waals surface area (Å²) in [4.78, 5) is 2.11. The van der Waals surface area contributed by atoms with Crippen molar-refractivity contribution in [3.05, 3.63) is 10.4 Å². The molecule has 6 heteroatoms. The van der Waals surface area contributed by atoms with Crippen molar-refractivity contribution >= 4 is 0 Å². The van der Waals surface area contributed by atoms with Crippen molar-refractivity contribution in [2.24, 2.45) is 5.11 Å². The smallest absolute Gasteiger partial charge is 0.249 e. The average molecular weight is 137 g/mol. The molecule has 0 saturated heterocycles. The van der Waals surface area contributed by atoms with Crippen LogP contribution in [0.3, 0.4) is 0 Å². The van der Waals surface area contributed by atoms with E-state index in [1.165, 1.54) is 0 Å². The molecule has 0 aliphatic rings. The Morgan fingerprint density at radius 3 is 2.33 bits per heavy atom. The molecule has 0 heterocycles. The summed E-state index contributed by atoms with van der Waals surface area (Å²) in [5.74, 6) is 0. The maximum atomic E-state index is 11.5. The van der Waals surface area contributed by atoms with Gasteiger partial charge in [-0.05, 0) is 5.53 Å². The number of aliphatic hydroxyl groups excluding tert-OH is 1. The lowest BCUT2D eigenvalue weighted by Gasteiger charge is -2.02. The first kappa shape index (κ1) is 8.13. The first-order chi connectivity index (χ1) is 4.22. The zero-order valence-electron chi connectivity index (χ0n) is 4.41. The maximum Gasteiger partial charge on any atom is 0.249 e. The van der Waals surface area contributed by atoms with Crippen LogP contribution in [0.2, 0.25) is 0 Å². The van der Waals surface area contributed by atoms with E-state index in [9.17, 15) is 8.78 Å². The van der Waals surface area contributed by atoms with Gasteiger partial charge in [0.2, 0.25) is 6.43 Å². The van der Waals surface area contributed by atoms with Gasteiger partial charge in [-0.2, -0.15) is 0 Å². The van der Waals surface area contributed by atoms with Gasteiger partial charge in [0, 0.05) is 4.91 Å². The van der Waals surface area contributed by atoms with Crippen molar-refractivity contribution in [2.45, 2.75) is 12.5 Å². The zero-order valence-corrected chi connectivity index (χ0v) is 4.41. The van der Waals surface area contributed by atoms with Crippen molar-refractivity contribution < 1.29 is 13.9 Å². The van der Waals surface area contributed by atoms with Crippen molar-refractivity contribution in [2.75, 3.05) is 6.61 Å². The number of hydrogen-bond donors (Lipinski definition) is 1. The summed E-state index contributed by atoms with van der Waals surface area (Å²) in [6, 6.07) is -1.60. The molecule has 52 valence electrons. The first-order valence-electron chi connectivity index (χ1n) is 2.15. The minimum Gasteiger partial charge on any atom is -0.396 e. The normalized spacial score (nSPS) is 12.9. The molecule has 4 nitrogen and oxygen atoms in total. The van der Waals surface area contributed by atoms with Crippen molar-refractivity contribution in [1.82, 2.24) is 0 Å². The lowest BCUT2D eigenvalue weighted by Crippen LogP contribution is -2.18. The summed E-state index contributed by atoms with van der Waals surface area (Å²) in [6.45, 7) is -0.818. The van der Waals surface area contributed by atoms with E-state index in [0.717, 1.165) is 0 Å². The molecule has 1 N–H and O–H groups in total. The van der Waals surface area contributed by atoms with E-state index in [-0.39, 0.29) is 0 Å². The molecule has 0 aromatic carbocycles. The number of rotatable bonds is 3. The highest BCUT2D eigenvalue weighted by Gasteiger charge is 2.16. The second kappa shape index (κ2) is 4.05. The fraction of sp³-hybridized carbons (Fsp3) is 1.00. The molecule has 0 radical (unpaired) electrons. The molecule has 9 heavy (non-hydrogen) atoms. The molecule has 1 unspecified atom stereocenters. The first-order valence-corrected chi connectivity index (χ1v) is 2.15. The molecule has 0 spiro atoms. The third-order valence-corrected chi connectivity index (χ3v) is 0.678. The average Bonchev–Trinajstić information content (AvgIpc) is 1.82. The molecular formula is C3H5F2N3O.